The number of likely N-dealkylation sites (tertiary alicyclic amines) is 1. The number of hydrogen-bond donors (Lipinski definition) is 1. The Morgan fingerprint density at radius 2 is 1.83 bits per heavy atom. The van der Waals surface area contributed by atoms with Crippen LogP contribution in [-0.4, -0.2) is 49.6 Å². The van der Waals surface area contributed by atoms with Gasteiger partial charge in [0.25, 0.3) is 11.6 Å². The monoisotopic (exact) mass is 399 g/mol. The van der Waals surface area contributed by atoms with Crippen molar-refractivity contribution in [1.82, 2.24) is 10.2 Å². The molecule has 1 saturated heterocycles. The average Bonchev–Trinajstić information content (AvgIpc) is 3.27. The number of nitrogens with one attached hydrogen (secondary N) is 1. The second kappa shape index (κ2) is 9.38. The summed E-state index contributed by atoms with van der Waals surface area (Å²) in [6.07, 6.45) is 2.21. The highest BCUT2D eigenvalue weighted by Gasteiger charge is 2.26. The molecule has 154 valence electrons. The van der Waals surface area contributed by atoms with E-state index < -0.39 is 10.8 Å². The first-order valence-corrected chi connectivity index (χ1v) is 9.52. The number of nitro benzene ring substituents is 1. The molecule has 1 atom stereocenters. The van der Waals surface area contributed by atoms with Crippen LogP contribution < -0.4 is 14.8 Å². The third-order valence-electron chi connectivity index (χ3n) is 5.16. The number of nitro groups is 1. The molecule has 0 spiro atoms. The van der Waals surface area contributed by atoms with Gasteiger partial charge in [0.15, 0.2) is 0 Å². The highest BCUT2D eigenvalue weighted by molar-refractivity contribution is 5.98. The molecule has 0 radical (unpaired) electrons. The predicted octanol–water partition coefficient (Wildman–Crippen LogP) is 3.18. The smallest absolute Gasteiger partial charge is 0.282 e. The average molecular weight is 399 g/mol. The minimum Gasteiger partial charge on any atom is -0.497 e. The molecule has 1 aliphatic rings. The predicted molar refractivity (Wildman–Crippen MR) is 109 cm³/mol. The topological polar surface area (TPSA) is 93.9 Å². The van der Waals surface area contributed by atoms with Crippen molar-refractivity contribution in [2.75, 3.05) is 33.9 Å². The molecular weight excluding hydrogens is 374 g/mol. The Hall–Kier alpha value is -3.13. The van der Waals surface area contributed by atoms with E-state index in [-0.39, 0.29) is 17.3 Å². The van der Waals surface area contributed by atoms with Gasteiger partial charge in [-0.05, 0) is 55.8 Å². The van der Waals surface area contributed by atoms with Crippen LogP contribution in [0.15, 0.2) is 42.5 Å². The molecule has 2 aromatic carbocycles. The summed E-state index contributed by atoms with van der Waals surface area (Å²) < 4.78 is 10.5. The van der Waals surface area contributed by atoms with Gasteiger partial charge in [0.1, 0.15) is 17.1 Å². The van der Waals surface area contributed by atoms with Crippen LogP contribution in [0.4, 0.5) is 5.69 Å². The second-order valence-electron chi connectivity index (χ2n) is 6.89. The highest BCUT2D eigenvalue weighted by Crippen LogP contribution is 2.28. The summed E-state index contributed by atoms with van der Waals surface area (Å²) in [6, 6.07) is 11.9. The first-order chi connectivity index (χ1) is 14.0. The van der Waals surface area contributed by atoms with Gasteiger partial charge in [-0.2, -0.15) is 0 Å². The zero-order valence-corrected chi connectivity index (χ0v) is 16.6. The maximum Gasteiger partial charge on any atom is 0.282 e. The minimum atomic E-state index is -0.561. The van der Waals surface area contributed by atoms with E-state index in [9.17, 15) is 14.9 Å². The molecule has 0 bridgehead atoms. The Balaban J connectivity index is 1.82. The molecule has 1 fully saturated rings. The number of ether oxygens (including phenoxy) is 2. The number of nitrogens with zero attached hydrogens (tertiary/aromatic N) is 2. The summed E-state index contributed by atoms with van der Waals surface area (Å²) in [6.45, 7) is 2.22. The van der Waals surface area contributed by atoms with Crippen molar-refractivity contribution < 1.29 is 19.2 Å². The Kier molecular flexibility index (Phi) is 6.66. The van der Waals surface area contributed by atoms with E-state index in [1.54, 1.807) is 7.11 Å². The van der Waals surface area contributed by atoms with E-state index in [1.165, 1.54) is 25.3 Å². The lowest BCUT2D eigenvalue weighted by Gasteiger charge is -2.28. The normalized spacial score (nSPS) is 15.0. The Labute approximate surface area is 169 Å². The van der Waals surface area contributed by atoms with Crippen LogP contribution in [0.1, 0.15) is 34.8 Å². The van der Waals surface area contributed by atoms with Crippen LogP contribution >= 0.6 is 0 Å². The molecule has 1 unspecified atom stereocenters. The van der Waals surface area contributed by atoms with Gasteiger partial charge in [0.05, 0.1) is 25.2 Å². The summed E-state index contributed by atoms with van der Waals surface area (Å²) in [7, 11) is 3.07. The van der Waals surface area contributed by atoms with Gasteiger partial charge in [-0.1, -0.05) is 12.1 Å². The van der Waals surface area contributed by atoms with Gasteiger partial charge in [-0.25, -0.2) is 0 Å². The summed E-state index contributed by atoms with van der Waals surface area (Å²) in [5, 5.41) is 14.2. The van der Waals surface area contributed by atoms with Crippen LogP contribution in [0.5, 0.6) is 11.5 Å². The molecule has 0 aromatic heterocycles. The number of amides is 1. The van der Waals surface area contributed by atoms with Crippen LogP contribution in [-0.2, 0) is 0 Å². The lowest BCUT2D eigenvalue weighted by Crippen LogP contribution is -2.37. The minimum absolute atomic E-state index is 0.0137. The molecule has 0 aliphatic carbocycles. The fraction of sp³-hybridized carbons (Fsp3) is 0.381. The van der Waals surface area contributed by atoms with Crippen molar-refractivity contribution in [3.63, 3.8) is 0 Å². The fourth-order valence-corrected chi connectivity index (χ4v) is 3.63. The molecule has 2 aromatic rings. The van der Waals surface area contributed by atoms with Gasteiger partial charge < -0.3 is 14.8 Å². The lowest BCUT2D eigenvalue weighted by molar-refractivity contribution is -0.385. The zero-order valence-electron chi connectivity index (χ0n) is 16.6. The summed E-state index contributed by atoms with van der Waals surface area (Å²) in [4.78, 5) is 25.9. The van der Waals surface area contributed by atoms with Gasteiger partial charge >= 0.3 is 0 Å². The molecule has 0 saturated carbocycles. The molecule has 8 nitrogen and oxygen atoms in total. The third-order valence-corrected chi connectivity index (χ3v) is 5.16. The number of methoxy groups -OCH3 is 2. The van der Waals surface area contributed by atoms with E-state index in [1.807, 2.05) is 24.3 Å². The van der Waals surface area contributed by atoms with E-state index >= 15 is 0 Å². The standard InChI is InChI=1S/C21H25N3O5/c1-28-16-7-5-6-15(12-16)20(23-10-3-4-11-23)14-22-21(25)18-13-17(29-2)8-9-19(18)24(26)27/h5-9,12-13,20H,3-4,10-11,14H2,1-2H3,(H,22,25). The summed E-state index contributed by atoms with van der Waals surface area (Å²) in [5.41, 5.74) is 0.772. The Morgan fingerprint density at radius 3 is 2.48 bits per heavy atom. The molecular formula is C21H25N3O5. The molecule has 3 rings (SSSR count). The summed E-state index contributed by atoms with van der Waals surface area (Å²) >= 11 is 0. The molecule has 1 heterocycles. The number of benzene rings is 2. The molecule has 1 N–H and O–H groups in total. The van der Waals surface area contributed by atoms with E-state index in [0.717, 1.165) is 37.2 Å². The molecule has 1 amide bonds. The van der Waals surface area contributed by atoms with Crippen molar-refractivity contribution in [3.05, 3.63) is 63.7 Å². The number of carbonyl (C=O) groups is 1. The molecule has 1 aliphatic heterocycles. The van der Waals surface area contributed by atoms with E-state index in [4.69, 9.17) is 9.47 Å². The van der Waals surface area contributed by atoms with Crippen molar-refractivity contribution in [1.29, 1.82) is 0 Å². The largest absolute Gasteiger partial charge is 0.497 e. The number of rotatable bonds is 8. The van der Waals surface area contributed by atoms with Gasteiger partial charge in [0, 0.05) is 12.6 Å². The van der Waals surface area contributed by atoms with E-state index in [2.05, 4.69) is 10.2 Å². The van der Waals surface area contributed by atoms with Crippen LogP contribution in [0.25, 0.3) is 0 Å². The first-order valence-electron chi connectivity index (χ1n) is 9.52. The molecule has 8 heteroatoms. The van der Waals surface area contributed by atoms with Gasteiger partial charge in [-0.15, -0.1) is 0 Å². The first kappa shape index (κ1) is 20.6. The Morgan fingerprint density at radius 1 is 1.14 bits per heavy atom. The van der Waals surface area contributed by atoms with E-state index in [0.29, 0.717) is 12.3 Å². The van der Waals surface area contributed by atoms with Crippen molar-refractivity contribution in [2.24, 2.45) is 0 Å². The SMILES string of the molecule is COc1cccc(C(CNC(=O)c2cc(OC)ccc2[N+](=O)[O-])N2CCCC2)c1. The van der Waals surface area contributed by atoms with Crippen molar-refractivity contribution >= 4 is 11.6 Å². The second-order valence-corrected chi connectivity index (χ2v) is 6.89. The zero-order chi connectivity index (χ0) is 20.8. The molecule has 29 heavy (non-hydrogen) atoms. The van der Waals surface area contributed by atoms with Crippen LogP contribution in [0.3, 0.4) is 0 Å². The van der Waals surface area contributed by atoms with Gasteiger partial charge in [-0.3, -0.25) is 19.8 Å². The van der Waals surface area contributed by atoms with Crippen molar-refractivity contribution in [3.8, 4) is 11.5 Å². The highest BCUT2D eigenvalue weighted by atomic mass is 16.6. The maximum atomic E-state index is 12.8. The fourth-order valence-electron chi connectivity index (χ4n) is 3.63. The lowest BCUT2D eigenvalue weighted by atomic mass is 10.0. The van der Waals surface area contributed by atoms with Crippen molar-refractivity contribution in [2.45, 2.75) is 18.9 Å². The van der Waals surface area contributed by atoms with Crippen LogP contribution in [0, 0.1) is 10.1 Å². The quantitative estimate of drug-likeness (QED) is 0.541. The van der Waals surface area contributed by atoms with Crippen LogP contribution in [0.2, 0.25) is 0 Å². The van der Waals surface area contributed by atoms with Gasteiger partial charge in [0.2, 0.25) is 0 Å². The summed E-state index contributed by atoms with van der Waals surface area (Å²) in [5.74, 6) is 0.647. The Bertz CT molecular complexity index is 880. The number of hydrogen-bond acceptors (Lipinski definition) is 6. The maximum absolute atomic E-state index is 12.8. The third kappa shape index (κ3) is 4.83. The number of carbonyl (C=O) groups excluding carboxylic acids is 1.